The van der Waals surface area contributed by atoms with Gasteiger partial charge in [-0.3, -0.25) is 0 Å². The first-order valence-corrected chi connectivity index (χ1v) is 7.77. The van der Waals surface area contributed by atoms with Crippen molar-refractivity contribution in [2.24, 2.45) is 0 Å². The molecule has 0 spiro atoms. The van der Waals surface area contributed by atoms with Crippen LogP contribution in [-0.4, -0.2) is 35.7 Å². The van der Waals surface area contributed by atoms with Crippen LogP contribution in [0.15, 0.2) is 24.3 Å². The van der Waals surface area contributed by atoms with Gasteiger partial charge in [0.1, 0.15) is 0 Å². The smallest absolute Gasteiger partial charge is 0.360 e. The molecule has 0 atom stereocenters. The van der Waals surface area contributed by atoms with E-state index in [0.717, 1.165) is 38.5 Å². The van der Waals surface area contributed by atoms with Gasteiger partial charge in [-0.05, 0) is 43.7 Å². The summed E-state index contributed by atoms with van der Waals surface area (Å²) in [4.78, 5) is 2.34. The van der Waals surface area contributed by atoms with Gasteiger partial charge < -0.3 is 15.5 Å². The van der Waals surface area contributed by atoms with Gasteiger partial charge in [-0.15, -0.1) is 0 Å². The van der Waals surface area contributed by atoms with E-state index in [1.54, 1.807) is 6.07 Å². The van der Waals surface area contributed by atoms with Crippen molar-refractivity contribution in [2.75, 3.05) is 25.0 Å². The normalized spacial score (nSPS) is 17.3. The van der Waals surface area contributed by atoms with Crippen LogP contribution in [0.1, 0.15) is 25.3 Å². The average Bonchev–Trinajstić information content (AvgIpc) is 2.47. The van der Waals surface area contributed by atoms with Gasteiger partial charge in [0, 0.05) is 19.1 Å². The standard InChI is InChI=1S/C15H20F3N3S/c1-2-21-9-7-11(8-10-21)19-14(22)20-13-6-4-3-5-12(13)15(16,17)18/h3-6,11H,2,7-10H2,1H3,(H2,19,20,22). The van der Waals surface area contributed by atoms with Crippen molar-refractivity contribution in [2.45, 2.75) is 32.0 Å². The second-order valence-corrected chi connectivity index (χ2v) is 5.76. The predicted molar refractivity (Wildman–Crippen MR) is 85.9 cm³/mol. The molecule has 1 aromatic rings. The Labute approximate surface area is 133 Å². The molecule has 1 aliphatic rings. The van der Waals surface area contributed by atoms with Crippen LogP contribution in [0.4, 0.5) is 18.9 Å². The molecular weight excluding hydrogens is 311 g/mol. The van der Waals surface area contributed by atoms with Crippen LogP contribution in [-0.2, 0) is 6.18 Å². The summed E-state index contributed by atoms with van der Waals surface area (Å²) in [5, 5.41) is 6.04. The maximum Gasteiger partial charge on any atom is 0.418 e. The molecule has 3 nitrogen and oxygen atoms in total. The highest BCUT2D eigenvalue weighted by Gasteiger charge is 2.33. The Hall–Kier alpha value is -1.34. The number of anilines is 1. The first-order valence-electron chi connectivity index (χ1n) is 7.36. The lowest BCUT2D eigenvalue weighted by atomic mass is 10.1. The van der Waals surface area contributed by atoms with Crippen molar-refractivity contribution in [3.05, 3.63) is 29.8 Å². The quantitative estimate of drug-likeness (QED) is 0.830. The largest absolute Gasteiger partial charge is 0.418 e. The third kappa shape index (κ3) is 4.58. The van der Waals surface area contributed by atoms with E-state index in [0.29, 0.717) is 0 Å². The monoisotopic (exact) mass is 331 g/mol. The lowest BCUT2D eigenvalue weighted by Gasteiger charge is -2.32. The summed E-state index contributed by atoms with van der Waals surface area (Å²) in [5.74, 6) is 0. The van der Waals surface area contributed by atoms with Gasteiger partial charge in [-0.1, -0.05) is 19.1 Å². The Balaban J connectivity index is 1.93. The molecule has 0 amide bonds. The Kier molecular flexibility index (Phi) is 5.63. The third-order valence-electron chi connectivity index (χ3n) is 3.85. The van der Waals surface area contributed by atoms with Gasteiger partial charge >= 0.3 is 6.18 Å². The summed E-state index contributed by atoms with van der Waals surface area (Å²) in [6, 6.07) is 5.56. The molecule has 22 heavy (non-hydrogen) atoms. The number of rotatable bonds is 3. The molecule has 2 rings (SSSR count). The molecule has 122 valence electrons. The summed E-state index contributed by atoms with van der Waals surface area (Å²) in [7, 11) is 0. The molecule has 7 heteroatoms. The zero-order chi connectivity index (χ0) is 16.2. The molecule has 1 heterocycles. The number of thiocarbonyl (C=S) groups is 1. The first-order chi connectivity index (χ1) is 10.4. The molecule has 1 aliphatic heterocycles. The Bertz CT molecular complexity index is 511. The Morgan fingerprint density at radius 2 is 1.91 bits per heavy atom. The number of para-hydroxylation sites is 1. The zero-order valence-corrected chi connectivity index (χ0v) is 13.2. The highest BCUT2D eigenvalue weighted by atomic mass is 32.1. The number of likely N-dealkylation sites (tertiary alicyclic amines) is 1. The number of benzene rings is 1. The number of hydrogen-bond donors (Lipinski definition) is 2. The maximum absolute atomic E-state index is 12.9. The molecule has 0 aliphatic carbocycles. The number of nitrogens with zero attached hydrogens (tertiary/aromatic N) is 1. The summed E-state index contributed by atoms with van der Waals surface area (Å²) in [6.45, 7) is 5.11. The second kappa shape index (κ2) is 7.28. The zero-order valence-electron chi connectivity index (χ0n) is 12.4. The molecule has 1 aromatic carbocycles. The molecule has 0 radical (unpaired) electrons. The SMILES string of the molecule is CCN1CCC(NC(=S)Nc2ccccc2C(F)(F)F)CC1. The van der Waals surface area contributed by atoms with Gasteiger partial charge in [0.25, 0.3) is 0 Å². The van der Waals surface area contributed by atoms with E-state index < -0.39 is 11.7 Å². The molecule has 0 unspecified atom stereocenters. The number of hydrogen-bond acceptors (Lipinski definition) is 2. The van der Waals surface area contributed by atoms with E-state index >= 15 is 0 Å². The molecule has 0 bridgehead atoms. The topological polar surface area (TPSA) is 27.3 Å². The lowest BCUT2D eigenvalue weighted by Crippen LogP contribution is -2.45. The van der Waals surface area contributed by atoms with Crippen LogP contribution in [0.2, 0.25) is 0 Å². The molecular formula is C15H20F3N3S. The lowest BCUT2D eigenvalue weighted by molar-refractivity contribution is -0.136. The van der Waals surface area contributed by atoms with Crippen LogP contribution in [0.5, 0.6) is 0 Å². The fraction of sp³-hybridized carbons (Fsp3) is 0.533. The molecule has 0 saturated carbocycles. The molecule has 2 N–H and O–H groups in total. The minimum absolute atomic E-state index is 0.0153. The van der Waals surface area contributed by atoms with E-state index in [9.17, 15) is 13.2 Å². The van der Waals surface area contributed by atoms with Crippen molar-refractivity contribution < 1.29 is 13.2 Å². The van der Waals surface area contributed by atoms with E-state index in [1.165, 1.54) is 12.1 Å². The van der Waals surface area contributed by atoms with E-state index in [4.69, 9.17) is 12.2 Å². The fourth-order valence-corrected chi connectivity index (χ4v) is 2.85. The molecule has 1 fully saturated rings. The first kappa shape index (κ1) is 17.0. The van der Waals surface area contributed by atoms with Crippen molar-refractivity contribution in [1.82, 2.24) is 10.2 Å². The maximum atomic E-state index is 12.9. The van der Waals surface area contributed by atoms with Crippen LogP contribution in [0, 0.1) is 0 Å². The number of alkyl halides is 3. The van der Waals surface area contributed by atoms with Crippen LogP contribution in [0.25, 0.3) is 0 Å². The fourth-order valence-electron chi connectivity index (χ4n) is 2.58. The van der Waals surface area contributed by atoms with E-state index in [2.05, 4.69) is 22.5 Å². The molecule has 0 aromatic heterocycles. The van der Waals surface area contributed by atoms with Crippen LogP contribution >= 0.6 is 12.2 Å². The van der Waals surface area contributed by atoms with Crippen molar-refractivity contribution in [3.8, 4) is 0 Å². The van der Waals surface area contributed by atoms with Crippen LogP contribution < -0.4 is 10.6 Å². The highest BCUT2D eigenvalue weighted by Crippen LogP contribution is 2.34. The van der Waals surface area contributed by atoms with Crippen molar-refractivity contribution in [1.29, 1.82) is 0 Å². The summed E-state index contributed by atoms with van der Waals surface area (Å²) < 4.78 is 38.8. The number of halogens is 3. The van der Waals surface area contributed by atoms with Crippen molar-refractivity contribution in [3.63, 3.8) is 0 Å². The Morgan fingerprint density at radius 3 is 2.50 bits per heavy atom. The average molecular weight is 331 g/mol. The van der Waals surface area contributed by atoms with Gasteiger partial charge in [0.2, 0.25) is 0 Å². The van der Waals surface area contributed by atoms with Crippen molar-refractivity contribution >= 4 is 23.0 Å². The number of piperidine rings is 1. The number of nitrogens with one attached hydrogen (secondary N) is 2. The van der Waals surface area contributed by atoms with Gasteiger partial charge in [0.15, 0.2) is 5.11 Å². The van der Waals surface area contributed by atoms with Gasteiger partial charge in [-0.25, -0.2) is 0 Å². The van der Waals surface area contributed by atoms with Crippen LogP contribution in [0.3, 0.4) is 0 Å². The second-order valence-electron chi connectivity index (χ2n) is 5.35. The van der Waals surface area contributed by atoms with Gasteiger partial charge in [0.05, 0.1) is 11.3 Å². The Morgan fingerprint density at radius 1 is 1.27 bits per heavy atom. The summed E-state index contributed by atoms with van der Waals surface area (Å²) in [6.07, 6.45) is -2.52. The minimum Gasteiger partial charge on any atom is -0.360 e. The molecule has 1 saturated heterocycles. The highest BCUT2D eigenvalue weighted by molar-refractivity contribution is 7.80. The summed E-state index contributed by atoms with van der Waals surface area (Å²) >= 11 is 5.15. The van der Waals surface area contributed by atoms with E-state index in [1.807, 2.05) is 0 Å². The third-order valence-corrected chi connectivity index (χ3v) is 4.07. The van der Waals surface area contributed by atoms with E-state index in [-0.39, 0.29) is 16.8 Å². The predicted octanol–water partition coefficient (Wildman–Crippen LogP) is 3.48. The van der Waals surface area contributed by atoms with Gasteiger partial charge in [-0.2, -0.15) is 13.2 Å². The minimum atomic E-state index is -4.40. The summed E-state index contributed by atoms with van der Waals surface area (Å²) in [5.41, 5.74) is -0.724.